The van der Waals surface area contributed by atoms with Crippen LogP contribution in [0.25, 0.3) is 11.4 Å². The summed E-state index contributed by atoms with van der Waals surface area (Å²) < 4.78 is 38.1. The minimum absolute atomic E-state index is 0.151. The van der Waals surface area contributed by atoms with Crippen molar-refractivity contribution in [3.05, 3.63) is 29.8 Å². The Morgan fingerprint density at radius 2 is 2.00 bits per heavy atom. The number of nitrogens with zero attached hydrogens (tertiary/aromatic N) is 3. The third kappa shape index (κ3) is 4.73. The summed E-state index contributed by atoms with van der Waals surface area (Å²) in [7, 11) is 0. The van der Waals surface area contributed by atoms with Crippen LogP contribution in [0, 0.1) is 6.92 Å². The summed E-state index contributed by atoms with van der Waals surface area (Å²) in [4.78, 5) is 11.5. The summed E-state index contributed by atoms with van der Waals surface area (Å²) in [5.74, 6) is -0.170. The number of aryl methyl sites for hydroxylation is 1. The molecule has 1 N–H and O–H groups in total. The second-order valence-corrected chi connectivity index (χ2v) is 5.99. The van der Waals surface area contributed by atoms with Gasteiger partial charge in [-0.05, 0) is 19.4 Å². The first-order valence-corrected chi connectivity index (χ1v) is 8.26. The van der Waals surface area contributed by atoms with E-state index in [0.29, 0.717) is 17.5 Å². The maximum absolute atomic E-state index is 12.1. The van der Waals surface area contributed by atoms with Crippen molar-refractivity contribution in [2.45, 2.75) is 31.7 Å². The highest BCUT2D eigenvalue weighted by molar-refractivity contribution is 7.99. The van der Waals surface area contributed by atoms with Crippen LogP contribution in [0.5, 0.6) is 0 Å². The largest absolute Gasteiger partial charge is 0.405 e. The molecule has 0 atom stereocenters. The minimum Gasteiger partial charge on any atom is -0.346 e. The molecule has 1 aromatic carbocycles. The fourth-order valence-corrected chi connectivity index (χ4v) is 2.92. The number of rotatable bonds is 6. The molecule has 0 saturated carbocycles. The Morgan fingerprint density at radius 3 is 2.62 bits per heavy atom. The topological polar surface area (TPSA) is 59.8 Å². The molecule has 0 fully saturated rings. The van der Waals surface area contributed by atoms with Gasteiger partial charge in [0.25, 0.3) is 0 Å². The van der Waals surface area contributed by atoms with Crippen molar-refractivity contribution in [3.63, 3.8) is 0 Å². The second kappa shape index (κ2) is 7.69. The number of amides is 1. The average Bonchev–Trinajstić information content (AvgIpc) is 2.93. The number of aromatic nitrogens is 3. The molecule has 0 aliphatic heterocycles. The van der Waals surface area contributed by atoms with Gasteiger partial charge >= 0.3 is 6.18 Å². The van der Waals surface area contributed by atoms with Crippen molar-refractivity contribution in [1.82, 2.24) is 20.1 Å². The normalized spacial score (nSPS) is 11.5. The van der Waals surface area contributed by atoms with Gasteiger partial charge in [0.05, 0.1) is 5.75 Å². The first-order valence-electron chi connectivity index (χ1n) is 7.27. The summed E-state index contributed by atoms with van der Waals surface area (Å²) in [6.07, 6.45) is -4.41. The van der Waals surface area contributed by atoms with Crippen molar-refractivity contribution in [1.29, 1.82) is 0 Å². The number of nitrogens with one attached hydrogen (secondary N) is 1. The molecule has 0 bridgehead atoms. The number of hydrogen-bond acceptors (Lipinski definition) is 4. The van der Waals surface area contributed by atoms with Gasteiger partial charge in [-0.3, -0.25) is 4.79 Å². The first-order chi connectivity index (χ1) is 11.3. The van der Waals surface area contributed by atoms with E-state index >= 15 is 0 Å². The van der Waals surface area contributed by atoms with Gasteiger partial charge < -0.3 is 9.88 Å². The van der Waals surface area contributed by atoms with Crippen LogP contribution in [0.2, 0.25) is 0 Å². The minimum atomic E-state index is -4.41. The van der Waals surface area contributed by atoms with E-state index in [4.69, 9.17) is 0 Å². The number of halogens is 3. The molecular formula is C15H17F3N4OS. The van der Waals surface area contributed by atoms with Gasteiger partial charge in [0.1, 0.15) is 6.54 Å². The number of carbonyl (C=O) groups is 1. The molecule has 0 unspecified atom stereocenters. The molecule has 0 radical (unpaired) electrons. The molecule has 0 saturated heterocycles. The van der Waals surface area contributed by atoms with Gasteiger partial charge in [0.2, 0.25) is 5.91 Å². The van der Waals surface area contributed by atoms with Crippen molar-refractivity contribution in [2.24, 2.45) is 0 Å². The van der Waals surface area contributed by atoms with E-state index in [0.717, 1.165) is 22.9 Å². The summed E-state index contributed by atoms with van der Waals surface area (Å²) in [6.45, 7) is 3.13. The number of carbonyl (C=O) groups excluding carboxylic acids is 1. The Labute approximate surface area is 141 Å². The highest BCUT2D eigenvalue weighted by atomic mass is 32.2. The predicted molar refractivity (Wildman–Crippen MR) is 85.7 cm³/mol. The van der Waals surface area contributed by atoms with Gasteiger partial charge in [-0.15, -0.1) is 10.2 Å². The maximum Gasteiger partial charge on any atom is 0.405 e. The summed E-state index contributed by atoms with van der Waals surface area (Å²) in [6, 6.07) is 7.71. The molecular weight excluding hydrogens is 341 g/mol. The lowest BCUT2D eigenvalue weighted by atomic mass is 10.1. The molecule has 5 nitrogen and oxygen atoms in total. The first kappa shape index (κ1) is 18.3. The van der Waals surface area contributed by atoms with E-state index in [9.17, 15) is 18.0 Å². The average molecular weight is 358 g/mol. The maximum atomic E-state index is 12.1. The van der Waals surface area contributed by atoms with Crippen LogP contribution in [0.3, 0.4) is 0 Å². The molecule has 9 heteroatoms. The monoisotopic (exact) mass is 358 g/mol. The van der Waals surface area contributed by atoms with E-state index in [2.05, 4.69) is 10.2 Å². The van der Waals surface area contributed by atoms with Gasteiger partial charge in [-0.1, -0.05) is 36.0 Å². The van der Waals surface area contributed by atoms with E-state index in [1.807, 2.05) is 48.0 Å². The van der Waals surface area contributed by atoms with Gasteiger partial charge in [-0.2, -0.15) is 13.2 Å². The van der Waals surface area contributed by atoms with Crippen LogP contribution in [0.1, 0.15) is 12.5 Å². The van der Waals surface area contributed by atoms with Crippen molar-refractivity contribution < 1.29 is 18.0 Å². The fourth-order valence-electron chi connectivity index (χ4n) is 2.08. The fraction of sp³-hybridized carbons (Fsp3) is 0.400. The molecule has 24 heavy (non-hydrogen) atoms. The molecule has 1 heterocycles. The van der Waals surface area contributed by atoms with Gasteiger partial charge in [-0.25, -0.2) is 0 Å². The van der Waals surface area contributed by atoms with E-state index < -0.39 is 18.6 Å². The predicted octanol–water partition coefficient (Wildman–Crippen LogP) is 3.04. The van der Waals surface area contributed by atoms with E-state index in [1.54, 1.807) is 0 Å². The Morgan fingerprint density at radius 1 is 1.29 bits per heavy atom. The Kier molecular flexibility index (Phi) is 5.87. The molecule has 0 aliphatic rings. The molecule has 1 amide bonds. The number of alkyl halides is 3. The standard InChI is InChI=1S/C15H17F3N4OS/c1-3-22-13(11-7-5-4-6-10(11)2)20-21-14(22)24-8-12(23)19-9-15(16,17)18/h4-7H,3,8-9H2,1-2H3,(H,19,23). The quantitative estimate of drug-likeness (QED) is 0.807. The third-order valence-corrected chi connectivity index (χ3v) is 4.20. The Bertz CT molecular complexity index is 715. The molecule has 0 spiro atoms. The zero-order chi connectivity index (χ0) is 17.7. The van der Waals surface area contributed by atoms with Crippen LogP contribution < -0.4 is 5.32 Å². The van der Waals surface area contributed by atoms with Crippen LogP contribution in [0.4, 0.5) is 13.2 Å². The SMILES string of the molecule is CCn1c(SCC(=O)NCC(F)(F)F)nnc1-c1ccccc1C. The summed E-state index contributed by atoms with van der Waals surface area (Å²) in [5, 5.41) is 10.6. The lowest BCUT2D eigenvalue weighted by molar-refractivity contribution is -0.136. The third-order valence-electron chi connectivity index (χ3n) is 3.24. The zero-order valence-corrected chi connectivity index (χ0v) is 14.0. The number of hydrogen-bond donors (Lipinski definition) is 1. The van der Waals surface area contributed by atoms with Crippen LogP contribution in [-0.4, -0.2) is 39.1 Å². The van der Waals surface area contributed by atoms with Crippen LogP contribution >= 0.6 is 11.8 Å². The summed E-state index contributed by atoms with van der Waals surface area (Å²) >= 11 is 1.06. The van der Waals surface area contributed by atoms with Gasteiger partial charge in [0, 0.05) is 12.1 Å². The van der Waals surface area contributed by atoms with Crippen molar-refractivity contribution >= 4 is 17.7 Å². The summed E-state index contributed by atoms with van der Waals surface area (Å²) in [5.41, 5.74) is 1.97. The lowest BCUT2D eigenvalue weighted by Gasteiger charge is -2.10. The Hall–Kier alpha value is -2.03. The second-order valence-electron chi connectivity index (χ2n) is 5.05. The lowest BCUT2D eigenvalue weighted by Crippen LogP contribution is -2.34. The highest BCUT2D eigenvalue weighted by Gasteiger charge is 2.27. The molecule has 130 valence electrons. The van der Waals surface area contributed by atoms with E-state index in [-0.39, 0.29) is 5.75 Å². The Balaban J connectivity index is 2.07. The zero-order valence-electron chi connectivity index (χ0n) is 13.2. The number of thioether (sulfide) groups is 1. The molecule has 0 aliphatic carbocycles. The molecule has 1 aromatic heterocycles. The smallest absolute Gasteiger partial charge is 0.346 e. The highest BCUT2D eigenvalue weighted by Crippen LogP contribution is 2.26. The van der Waals surface area contributed by atoms with Crippen LogP contribution in [0.15, 0.2) is 29.4 Å². The van der Waals surface area contributed by atoms with Crippen molar-refractivity contribution in [3.8, 4) is 11.4 Å². The molecule has 2 aromatic rings. The van der Waals surface area contributed by atoms with Gasteiger partial charge in [0.15, 0.2) is 11.0 Å². The molecule has 2 rings (SSSR count). The van der Waals surface area contributed by atoms with E-state index in [1.165, 1.54) is 0 Å². The number of benzene rings is 1. The van der Waals surface area contributed by atoms with Crippen LogP contribution in [-0.2, 0) is 11.3 Å². The van der Waals surface area contributed by atoms with Crippen molar-refractivity contribution in [2.75, 3.05) is 12.3 Å².